The number of anilines is 6. The lowest BCUT2D eigenvalue weighted by Crippen LogP contribution is -2.12. The van der Waals surface area contributed by atoms with E-state index in [1.165, 1.54) is 16.5 Å². The van der Waals surface area contributed by atoms with Crippen molar-refractivity contribution in [1.82, 2.24) is 0 Å². The largest absolute Gasteiger partial charge is 0.310 e. The highest BCUT2D eigenvalue weighted by Crippen LogP contribution is 2.46. The van der Waals surface area contributed by atoms with Crippen molar-refractivity contribution < 1.29 is 0 Å². The SMILES string of the molecule is [C-]#[N+]c1ccc(N(c2ccc(/C=C/c3ccc4cc(N(c5ccc(C#N)cc5)c5ccc(CC)cc5-c5ccccc5)c5ccccc5c4c3)cc2)c2ccc(CC)cc2-c2ccccc2)cc1. The molecule has 0 amide bonds. The number of hydrogen-bond acceptors (Lipinski definition) is 3. The van der Waals surface area contributed by atoms with Gasteiger partial charge in [0, 0.05) is 33.6 Å². The Morgan fingerprint density at radius 1 is 0.456 bits per heavy atom. The van der Waals surface area contributed by atoms with E-state index in [4.69, 9.17) is 6.57 Å². The molecule has 4 heteroatoms. The lowest BCUT2D eigenvalue weighted by atomic mass is 9.95. The molecule has 0 saturated carbocycles. The summed E-state index contributed by atoms with van der Waals surface area (Å²) in [6.07, 6.45) is 6.25. The molecule has 10 aromatic carbocycles. The van der Waals surface area contributed by atoms with E-state index in [-0.39, 0.29) is 0 Å². The smallest absolute Gasteiger partial charge is 0.187 e. The van der Waals surface area contributed by atoms with Crippen LogP contribution in [0.15, 0.2) is 218 Å². The third-order valence-electron chi connectivity index (χ3n) is 12.8. The summed E-state index contributed by atoms with van der Waals surface area (Å²) < 4.78 is 0. The second kappa shape index (κ2) is 19.3. The molecule has 0 saturated heterocycles. The van der Waals surface area contributed by atoms with E-state index < -0.39 is 0 Å². The Balaban J connectivity index is 1.03. The summed E-state index contributed by atoms with van der Waals surface area (Å²) in [6, 6.07) is 79.2. The quantitative estimate of drug-likeness (QED) is 0.0697. The van der Waals surface area contributed by atoms with Crippen LogP contribution in [0.1, 0.15) is 41.7 Å². The van der Waals surface area contributed by atoms with Crippen LogP contribution in [0.5, 0.6) is 0 Å². The second-order valence-electron chi connectivity index (χ2n) is 16.9. The predicted octanol–water partition coefficient (Wildman–Crippen LogP) is 18.0. The molecular formula is C64H48N4. The van der Waals surface area contributed by atoms with Crippen LogP contribution in [0.2, 0.25) is 0 Å². The molecule has 4 nitrogen and oxygen atoms in total. The molecule has 0 bridgehead atoms. The highest BCUT2D eigenvalue weighted by molar-refractivity contribution is 6.15. The van der Waals surface area contributed by atoms with Gasteiger partial charge in [-0.25, -0.2) is 4.85 Å². The molecule has 68 heavy (non-hydrogen) atoms. The first kappa shape index (κ1) is 43.0. The molecule has 0 fully saturated rings. The van der Waals surface area contributed by atoms with Gasteiger partial charge in [0.05, 0.1) is 35.3 Å². The molecule has 324 valence electrons. The first-order chi connectivity index (χ1) is 33.5. The molecule has 0 N–H and O–H groups in total. The number of rotatable bonds is 12. The van der Waals surface area contributed by atoms with Gasteiger partial charge in [-0.3, -0.25) is 0 Å². The van der Waals surface area contributed by atoms with Crippen LogP contribution in [-0.2, 0) is 12.8 Å². The topological polar surface area (TPSA) is 34.6 Å². The monoisotopic (exact) mass is 872 g/mol. The van der Waals surface area contributed by atoms with E-state index in [1.54, 1.807) is 0 Å². The zero-order valence-corrected chi connectivity index (χ0v) is 38.1. The molecule has 0 spiro atoms. The van der Waals surface area contributed by atoms with Gasteiger partial charge in [0.15, 0.2) is 5.69 Å². The van der Waals surface area contributed by atoms with Gasteiger partial charge < -0.3 is 9.80 Å². The van der Waals surface area contributed by atoms with E-state index in [1.807, 2.05) is 36.4 Å². The van der Waals surface area contributed by atoms with Crippen LogP contribution >= 0.6 is 0 Å². The Labute approximate surface area is 399 Å². The van der Waals surface area contributed by atoms with Crippen molar-refractivity contribution in [2.75, 3.05) is 9.80 Å². The van der Waals surface area contributed by atoms with E-state index in [0.29, 0.717) is 11.3 Å². The van der Waals surface area contributed by atoms with E-state index in [0.717, 1.165) is 96.5 Å². The van der Waals surface area contributed by atoms with Crippen molar-refractivity contribution in [1.29, 1.82) is 5.26 Å². The van der Waals surface area contributed by atoms with Crippen molar-refractivity contribution in [3.8, 4) is 28.3 Å². The second-order valence-corrected chi connectivity index (χ2v) is 16.9. The fraction of sp³-hybridized carbons (Fsp3) is 0.0625. The number of nitrogens with zero attached hydrogens (tertiary/aromatic N) is 4. The lowest BCUT2D eigenvalue weighted by Gasteiger charge is -2.30. The molecule has 0 heterocycles. The van der Waals surface area contributed by atoms with Gasteiger partial charge in [0.1, 0.15) is 0 Å². The van der Waals surface area contributed by atoms with Crippen LogP contribution in [0.3, 0.4) is 0 Å². The van der Waals surface area contributed by atoms with Crippen LogP contribution in [0.25, 0.3) is 60.8 Å². The van der Waals surface area contributed by atoms with E-state index >= 15 is 0 Å². The molecule has 0 unspecified atom stereocenters. The maximum absolute atomic E-state index is 9.74. The molecule has 0 aromatic heterocycles. The Hall–Kier alpha value is -8.96. The Morgan fingerprint density at radius 2 is 0.956 bits per heavy atom. The van der Waals surface area contributed by atoms with Gasteiger partial charge in [-0.1, -0.05) is 159 Å². The Morgan fingerprint density at radius 3 is 1.53 bits per heavy atom. The van der Waals surface area contributed by atoms with Gasteiger partial charge >= 0.3 is 0 Å². The third-order valence-corrected chi connectivity index (χ3v) is 12.8. The number of aryl methyl sites for hydroxylation is 2. The molecule has 10 rings (SSSR count). The lowest BCUT2D eigenvalue weighted by molar-refractivity contribution is 1.14. The average Bonchev–Trinajstić information content (AvgIpc) is 3.41. The highest BCUT2D eigenvalue weighted by atomic mass is 15.2. The standard InChI is InChI=1S/C64H48N4/c1-4-45-27-38-62(60(40-45)50-14-8-6-9-15-50)67(55-36-30-53(66-3)31-37-55)54-32-23-47(24-33-54)20-21-48-22-29-52-43-64(58-19-13-12-18-57(58)59(52)42-48)68(56-34-25-49(44-65)26-35-56)63-39-28-46(5-2)41-61(63)51-16-10-7-11-17-51/h6-43H,4-5H2,1-2H3/b21-20+. The average molecular weight is 873 g/mol. The zero-order chi connectivity index (χ0) is 46.4. The molecule has 10 aromatic rings. The van der Waals surface area contributed by atoms with Gasteiger partial charge in [0.2, 0.25) is 0 Å². The van der Waals surface area contributed by atoms with Crippen molar-refractivity contribution in [2.45, 2.75) is 26.7 Å². The maximum atomic E-state index is 9.74. The van der Waals surface area contributed by atoms with Crippen LogP contribution < -0.4 is 9.80 Å². The summed E-state index contributed by atoms with van der Waals surface area (Å²) >= 11 is 0. The number of fused-ring (bicyclic) bond motifs is 3. The maximum Gasteiger partial charge on any atom is 0.187 e. The van der Waals surface area contributed by atoms with Gasteiger partial charge in [-0.2, -0.15) is 5.26 Å². The summed E-state index contributed by atoms with van der Waals surface area (Å²) in [5.41, 5.74) is 16.8. The normalized spacial score (nSPS) is 11.1. The summed E-state index contributed by atoms with van der Waals surface area (Å²) in [7, 11) is 0. The first-order valence-electron chi connectivity index (χ1n) is 23.2. The summed E-state index contributed by atoms with van der Waals surface area (Å²) in [5.74, 6) is 0. The van der Waals surface area contributed by atoms with Crippen LogP contribution in [0, 0.1) is 17.9 Å². The summed E-state index contributed by atoms with van der Waals surface area (Å²) in [5, 5.41) is 14.3. The van der Waals surface area contributed by atoms with Crippen molar-refractivity contribution in [3.05, 3.63) is 258 Å². The Kier molecular flexibility index (Phi) is 12.2. The predicted molar refractivity (Wildman–Crippen MR) is 287 cm³/mol. The minimum atomic E-state index is 0.612. The van der Waals surface area contributed by atoms with Gasteiger partial charge in [-0.05, 0) is 147 Å². The highest BCUT2D eigenvalue weighted by Gasteiger charge is 2.22. The van der Waals surface area contributed by atoms with E-state index in [9.17, 15) is 5.26 Å². The molecule has 0 aliphatic rings. The summed E-state index contributed by atoms with van der Waals surface area (Å²) in [6.45, 7) is 12.0. The van der Waals surface area contributed by atoms with Crippen molar-refractivity contribution in [3.63, 3.8) is 0 Å². The molecule has 0 radical (unpaired) electrons. The fourth-order valence-electron chi connectivity index (χ4n) is 9.21. The first-order valence-corrected chi connectivity index (χ1v) is 23.2. The number of hydrogen-bond donors (Lipinski definition) is 0. The minimum absolute atomic E-state index is 0.612. The number of benzene rings is 10. The molecule has 0 aliphatic heterocycles. The Bertz CT molecular complexity index is 3520. The van der Waals surface area contributed by atoms with Crippen molar-refractivity contribution >= 4 is 73.5 Å². The minimum Gasteiger partial charge on any atom is -0.310 e. The molecule has 0 atom stereocenters. The summed E-state index contributed by atoms with van der Waals surface area (Å²) in [4.78, 5) is 8.31. The zero-order valence-electron chi connectivity index (χ0n) is 38.1. The van der Waals surface area contributed by atoms with Gasteiger partial charge in [-0.15, -0.1) is 0 Å². The number of nitriles is 1. The third kappa shape index (κ3) is 8.63. The molecule has 0 aliphatic carbocycles. The van der Waals surface area contributed by atoms with E-state index in [2.05, 4.69) is 229 Å². The fourth-order valence-corrected chi connectivity index (χ4v) is 9.21. The molecular weight excluding hydrogens is 825 g/mol. The van der Waals surface area contributed by atoms with Crippen LogP contribution in [0.4, 0.5) is 39.8 Å². The van der Waals surface area contributed by atoms with Crippen molar-refractivity contribution in [2.24, 2.45) is 0 Å². The van der Waals surface area contributed by atoms with Crippen LogP contribution in [-0.4, -0.2) is 0 Å². The van der Waals surface area contributed by atoms with Gasteiger partial charge in [0.25, 0.3) is 0 Å².